The molecular formula is C32H46N2O3. The molecule has 4 saturated carbocycles. The molecule has 1 aromatic carbocycles. The molecule has 0 spiro atoms. The number of nitrogens with zero attached hydrogens (tertiary/aromatic N) is 2. The lowest BCUT2D eigenvalue weighted by Crippen LogP contribution is -2.58. The minimum absolute atomic E-state index is 0.167. The first-order valence-corrected chi connectivity index (χ1v) is 14.9. The maximum absolute atomic E-state index is 11.5. The van der Waals surface area contributed by atoms with Crippen LogP contribution in [0.1, 0.15) is 84.4 Å². The number of ether oxygens (including phenoxy) is 1. The number of rotatable bonds is 5. The Kier molecular flexibility index (Phi) is 6.55. The van der Waals surface area contributed by atoms with Crippen LogP contribution in [0.3, 0.4) is 0 Å². The Bertz CT molecular complexity index is 1140. The second-order valence-corrected chi connectivity index (χ2v) is 13.7. The molecule has 37 heavy (non-hydrogen) atoms. The summed E-state index contributed by atoms with van der Waals surface area (Å²) in [5.74, 6) is 5.18. The van der Waals surface area contributed by atoms with Crippen molar-refractivity contribution in [1.29, 1.82) is 0 Å². The summed E-state index contributed by atoms with van der Waals surface area (Å²) in [6.45, 7) is 7.51. The smallest absolute Gasteiger partial charge is 0.145 e. The lowest BCUT2D eigenvalue weighted by molar-refractivity contribution is -0.174. The minimum atomic E-state index is -0.201. The van der Waals surface area contributed by atoms with Gasteiger partial charge in [-0.2, -0.15) is 0 Å². The number of para-hydroxylation sites is 1. The topological polar surface area (TPSA) is 75.5 Å². The summed E-state index contributed by atoms with van der Waals surface area (Å²) >= 11 is 0. The Hall–Kier alpha value is -1.72. The quantitative estimate of drug-likeness (QED) is 0.505. The van der Waals surface area contributed by atoms with Crippen molar-refractivity contribution in [2.45, 2.75) is 97.2 Å². The van der Waals surface area contributed by atoms with Crippen LogP contribution in [0, 0.1) is 46.3 Å². The summed E-state index contributed by atoms with van der Waals surface area (Å²) in [6.07, 6.45) is 12.5. The van der Waals surface area contributed by atoms with Gasteiger partial charge in [0.15, 0.2) is 0 Å². The highest BCUT2D eigenvalue weighted by atomic mass is 16.5. The van der Waals surface area contributed by atoms with Gasteiger partial charge in [-0.3, -0.25) is 0 Å². The van der Waals surface area contributed by atoms with Gasteiger partial charge in [0.1, 0.15) is 17.1 Å². The van der Waals surface area contributed by atoms with Crippen LogP contribution in [-0.4, -0.2) is 39.5 Å². The van der Waals surface area contributed by atoms with E-state index in [1.165, 1.54) is 25.7 Å². The van der Waals surface area contributed by atoms with Crippen LogP contribution in [-0.2, 0) is 6.42 Å². The summed E-state index contributed by atoms with van der Waals surface area (Å²) in [5.41, 5.74) is 1.51. The van der Waals surface area contributed by atoms with Crippen molar-refractivity contribution in [3.63, 3.8) is 0 Å². The summed E-state index contributed by atoms with van der Waals surface area (Å²) < 4.78 is 5.54. The van der Waals surface area contributed by atoms with E-state index in [-0.39, 0.29) is 12.2 Å². The number of hydrogen-bond donors (Lipinski definition) is 2. The zero-order valence-corrected chi connectivity index (χ0v) is 23.2. The molecule has 5 heteroatoms. The summed E-state index contributed by atoms with van der Waals surface area (Å²) in [4.78, 5) is 9.55. The van der Waals surface area contributed by atoms with Crippen molar-refractivity contribution in [2.24, 2.45) is 46.3 Å². The normalized spacial score (nSPS) is 42.1. The number of methoxy groups -OCH3 is 1. The highest BCUT2D eigenvalue weighted by Gasteiger charge is 2.62. The molecule has 0 aliphatic heterocycles. The molecule has 2 aromatic rings. The first-order valence-electron chi connectivity index (χ1n) is 14.9. The van der Waals surface area contributed by atoms with Gasteiger partial charge >= 0.3 is 0 Å². The van der Waals surface area contributed by atoms with Gasteiger partial charge < -0.3 is 14.9 Å². The molecular weight excluding hydrogens is 460 g/mol. The third-order valence-electron chi connectivity index (χ3n) is 12.1. The molecule has 4 aliphatic carbocycles. The number of aliphatic hydroxyl groups is 2. The molecule has 0 amide bonds. The Labute approximate surface area is 222 Å². The van der Waals surface area contributed by atoms with Gasteiger partial charge in [-0.15, -0.1) is 0 Å². The van der Waals surface area contributed by atoms with E-state index in [1.807, 2.05) is 24.4 Å². The molecule has 0 saturated heterocycles. The predicted molar refractivity (Wildman–Crippen MR) is 146 cm³/mol. The summed E-state index contributed by atoms with van der Waals surface area (Å²) in [6, 6.07) is 5.99. The number of benzene rings is 1. The molecule has 1 unspecified atom stereocenters. The molecule has 4 fully saturated rings. The monoisotopic (exact) mass is 506 g/mol. The lowest BCUT2D eigenvalue weighted by atomic mass is 9.43. The van der Waals surface area contributed by atoms with Crippen molar-refractivity contribution in [3.05, 3.63) is 30.2 Å². The highest BCUT2D eigenvalue weighted by molar-refractivity contribution is 5.83. The second kappa shape index (κ2) is 9.48. The lowest BCUT2D eigenvalue weighted by Gasteiger charge is -2.62. The van der Waals surface area contributed by atoms with E-state index >= 15 is 0 Å². The number of aliphatic hydroxyl groups excluding tert-OH is 2. The number of fused-ring (bicyclic) bond motifs is 6. The Morgan fingerprint density at radius 3 is 2.62 bits per heavy atom. The van der Waals surface area contributed by atoms with E-state index in [0.29, 0.717) is 46.3 Å². The second-order valence-electron chi connectivity index (χ2n) is 13.7. The van der Waals surface area contributed by atoms with E-state index in [9.17, 15) is 10.2 Å². The molecule has 1 heterocycles. The van der Waals surface area contributed by atoms with Crippen LogP contribution in [0.4, 0.5) is 0 Å². The molecule has 0 bridgehead atoms. The van der Waals surface area contributed by atoms with Crippen molar-refractivity contribution >= 4 is 10.9 Å². The Balaban J connectivity index is 1.17. The third-order valence-corrected chi connectivity index (χ3v) is 12.1. The molecule has 4 aliphatic rings. The summed E-state index contributed by atoms with van der Waals surface area (Å²) in [5, 5.41) is 22.9. The van der Waals surface area contributed by atoms with Crippen molar-refractivity contribution in [3.8, 4) is 5.75 Å². The molecule has 5 nitrogen and oxygen atoms in total. The Morgan fingerprint density at radius 1 is 1.03 bits per heavy atom. The van der Waals surface area contributed by atoms with E-state index in [4.69, 9.17) is 9.72 Å². The zero-order chi connectivity index (χ0) is 25.9. The predicted octanol–water partition coefficient (Wildman–Crippen LogP) is 6.20. The van der Waals surface area contributed by atoms with Gasteiger partial charge in [-0.05, 0) is 110 Å². The fourth-order valence-corrected chi connectivity index (χ4v) is 10.1. The van der Waals surface area contributed by atoms with Gasteiger partial charge in [0.25, 0.3) is 0 Å². The molecule has 10 atom stereocenters. The highest BCUT2D eigenvalue weighted by Crippen LogP contribution is 2.68. The van der Waals surface area contributed by atoms with Crippen LogP contribution in [0.5, 0.6) is 5.75 Å². The van der Waals surface area contributed by atoms with Crippen LogP contribution in [0.15, 0.2) is 24.4 Å². The minimum Gasteiger partial charge on any atom is -0.494 e. The SMILES string of the molecule is COc1cccc2cnc(CC[C@@H](C)[C@H]3CC[C@H]4[C@H]5C(CC[C@]34C)[C@@]3(C)CC[C@@H](O)C[C@H]3C[C@H]5O)nc12. The van der Waals surface area contributed by atoms with Crippen molar-refractivity contribution in [2.75, 3.05) is 7.11 Å². The average Bonchev–Trinajstić information content (AvgIpc) is 3.25. The van der Waals surface area contributed by atoms with Gasteiger partial charge in [0.05, 0.1) is 19.3 Å². The van der Waals surface area contributed by atoms with Crippen LogP contribution < -0.4 is 4.74 Å². The molecule has 6 rings (SSSR count). The van der Waals surface area contributed by atoms with Gasteiger partial charge in [-0.1, -0.05) is 32.9 Å². The third kappa shape index (κ3) is 4.11. The van der Waals surface area contributed by atoms with Crippen molar-refractivity contribution < 1.29 is 14.9 Å². The number of aromatic nitrogens is 2. The van der Waals surface area contributed by atoms with Gasteiger partial charge in [0, 0.05) is 18.0 Å². The maximum atomic E-state index is 11.5. The van der Waals surface area contributed by atoms with E-state index in [2.05, 4.69) is 25.8 Å². The van der Waals surface area contributed by atoms with Crippen LogP contribution in [0.25, 0.3) is 10.9 Å². The van der Waals surface area contributed by atoms with E-state index < -0.39 is 0 Å². The first kappa shape index (κ1) is 25.6. The molecule has 0 radical (unpaired) electrons. The molecule has 2 N–H and O–H groups in total. The fraction of sp³-hybridized carbons (Fsp3) is 0.750. The van der Waals surface area contributed by atoms with Crippen LogP contribution in [0.2, 0.25) is 0 Å². The summed E-state index contributed by atoms with van der Waals surface area (Å²) in [7, 11) is 1.70. The molecule has 202 valence electrons. The largest absolute Gasteiger partial charge is 0.494 e. The zero-order valence-electron chi connectivity index (χ0n) is 23.2. The Morgan fingerprint density at radius 2 is 1.81 bits per heavy atom. The standard InChI is InChI=1S/C32H46N2O3/c1-19(8-11-28-33-18-20-6-5-7-27(37-4)30(20)34-28)23-9-10-24-29-25(13-15-32(23,24)3)31(2)14-12-22(35)16-21(31)17-26(29)36/h5-7,18-19,21-26,29,35-36H,8-17H2,1-4H3/t19-,21+,22-,23-,24+,25?,26-,29+,31+,32-/m1/s1. The average molecular weight is 507 g/mol. The number of hydrogen-bond acceptors (Lipinski definition) is 5. The van der Waals surface area contributed by atoms with E-state index in [1.54, 1.807) is 7.11 Å². The van der Waals surface area contributed by atoms with Crippen molar-refractivity contribution in [1.82, 2.24) is 9.97 Å². The maximum Gasteiger partial charge on any atom is 0.145 e. The van der Waals surface area contributed by atoms with E-state index in [0.717, 1.165) is 61.0 Å². The molecule has 1 aromatic heterocycles. The first-order chi connectivity index (χ1) is 17.7. The van der Waals surface area contributed by atoms with Gasteiger partial charge in [-0.25, -0.2) is 9.97 Å². The number of aryl methyl sites for hydroxylation is 1. The van der Waals surface area contributed by atoms with Crippen LogP contribution >= 0.6 is 0 Å². The fourth-order valence-electron chi connectivity index (χ4n) is 10.1. The van der Waals surface area contributed by atoms with Gasteiger partial charge in [0.2, 0.25) is 0 Å².